The normalized spacial score (nSPS) is 22.8. The molecule has 1 aliphatic carbocycles. The van der Waals surface area contributed by atoms with E-state index in [4.69, 9.17) is 0 Å². The maximum absolute atomic E-state index is 12.3. The van der Waals surface area contributed by atoms with Crippen LogP contribution in [0.4, 0.5) is 0 Å². The molecule has 2 rings (SSSR count). The zero-order valence-electron chi connectivity index (χ0n) is 11.8. The quantitative estimate of drug-likeness (QED) is 0.811. The van der Waals surface area contributed by atoms with E-state index in [1.807, 2.05) is 0 Å². The van der Waals surface area contributed by atoms with Gasteiger partial charge in [-0.25, -0.2) is 17.9 Å². The molecule has 0 saturated heterocycles. The third-order valence-electron chi connectivity index (χ3n) is 3.58. The fraction of sp³-hybridized carbons (Fsp3) is 0.500. The first kappa shape index (κ1) is 15.9. The molecule has 116 valence electrons. The molecule has 0 unspecified atom stereocenters. The van der Waals surface area contributed by atoms with Crippen molar-refractivity contribution in [2.75, 3.05) is 7.11 Å². The van der Waals surface area contributed by atoms with Crippen molar-refractivity contribution in [3.8, 4) is 0 Å². The van der Waals surface area contributed by atoms with E-state index in [0.29, 0.717) is 25.7 Å². The summed E-state index contributed by atoms with van der Waals surface area (Å²) in [4.78, 5) is 11.5. The highest BCUT2D eigenvalue weighted by Gasteiger charge is 2.25. The Balaban J connectivity index is 2.14. The first-order valence-electron chi connectivity index (χ1n) is 6.81. The van der Waals surface area contributed by atoms with Crippen LogP contribution in [0.1, 0.15) is 36.0 Å². The molecule has 0 bridgehead atoms. The van der Waals surface area contributed by atoms with Gasteiger partial charge in [0.05, 0.1) is 23.7 Å². The van der Waals surface area contributed by atoms with Gasteiger partial charge in [0.1, 0.15) is 0 Å². The molecule has 1 aromatic rings. The number of methoxy groups -OCH3 is 1. The first-order valence-corrected chi connectivity index (χ1v) is 8.29. The predicted octanol–water partition coefficient (Wildman–Crippen LogP) is 1.05. The summed E-state index contributed by atoms with van der Waals surface area (Å²) in [6.45, 7) is 0. The Morgan fingerprint density at radius 1 is 1.29 bits per heavy atom. The number of aliphatic hydroxyl groups is 1. The van der Waals surface area contributed by atoms with Gasteiger partial charge in [-0.2, -0.15) is 0 Å². The summed E-state index contributed by atoms with van der Waals surface area (Å²) in [5.41, 5.74) is 0.194. The Hall–Kier alpha value is -1.44. The van der Waals surface area contributed by atoms with Crippen molar-refractivity contribution in [3.05, 3.63) is 29.8 Å². The summed E-state index contributed by atoms with van der Waals surface area (Å²) in [6.07, 6.45) is 2.06. The topological polar surface area (TPSA) is 92.7 Å². The summed E-state index contributed by atoms with van der Waals surface area (Å²) < 4.78 is 31.8. The van der Waals surface area contributed by atoms with Gasteiger partial charge in [-0.1, -0.05) is 6.07 Å². The fourth-order valence-electron chi connectivity index (χ4n) is 2.39. The minimum absolute atomic E-state index is 0.0384. The van der Waals surface area contributed by atoms with Gasteiger partial charge in [-0.05, 0) is 43.9 Å². The van der Waals surface area contributed by atoms with Crippen LogP contribution in [0.3, 0.4) is 0 Å². The summed E-state index contributed by atoms with van der Waals surface area (Å²) in [7, 11) is -2.44. The van der Waals surface area contributed by atoms with Crippen LogP contribution in [0, 0.1) is 0 Å². The Kier molecular flexibility index (Phi) is 4.97. The molecule has 0 spiro atoms. The number of benzene rings is 1. The number of esters is 1. The average molecular weight is 313 g/mol. The zero-order valence-corrected chi connectivity index (χ0v) is 12.6. The van der Waals surface area contributed by atoms with Crippen molar-refractivity contribution >= 4 is 16.0 Å². The van der Waals surface area contributed by atoms with Gasteiger partial charge in [-0.15, -0.1) is 0 Å². The third-order valence-corrected chi connectivity index (χ3v) is 5.10. The summed E-state index contributed by atoms with van der Waals surface area (Å²) >= 11 is 0. The zero-order chi connectivity index (χ0) is 15.5. The molecule has 21 heavy (non-hydrogen) atoms. The largest absolute Gasteiger partial charge is 0.465 e. The van der Waals surface area contributed by atoms with Crippen molar-refractivity contribution in [1.29, 1.82) is 0 Å². The van der Waals surface area contributed by atoms with Gasteiger partial charge < -0.3 is 9.84 Å². The molecule has 7 heteroatoms. The number of hydrogen-bond donors (Lipinski definition) is 2. The van der Waals surface area contributed by atoms with Crippen LogP contribution in [-0.2, 0) is 14.8 Å². The van der Waals surface area contributed by atoms with Crippen molar-refractivity contribution in [2.24, 2.45) is 0 Å². The molecule has 0 atom stereocenters. The number of carbonyl (C=O) groups is 1. The molecule has 1 fully saturated rings. The molecule has 0 radical (unpaired) electrons. The van der Waals surface area contributed by atoms with Crippen molar-refractivity contribution in [3.63, 3.8) is 0 Å². The van der Waals surface area contributed by atoms with Crippen LogP contribution in [0.2, 0.25) is 0 Å². The highest BCUT2D eigenvalue weighted by Crippen LogP contribution is 2.21. The Labute approximate surface area is 124 Å². The number of ether oxygens (including phenoxy) is 1. The summed E-state index contributed by atoms with van der Waals surface area (Å²) in [5, 5.41) is 9.44. The Morgan fingerprint density at radius 2 is 1.95 bits per heavy atom. The first-order chi connectivity index (χ1) is 9.92. The molecule has 0 aromatic heterocycles. The lowest BCUT2D eigenvalue weighted by Crippen LogP contribution is -2.38. The fourth-order valence-corrected chi connectivity index (χ4v) is 3.74. The van der Waals surface area contributed by atoms with Crippen LogP contribution in [-0.4, -0.2) is 38.7 Å². The van der Waals surface area contributed by atoms with E-state index in [1.54, 1.807) is 0 Å². The Morgan fingerprint density at radius 3 is 2.57 bits per heavy atom. The van der Waals surface area contributed by atoms with E-state index in [1.165, 1.54) is 31.4 Å². The lowest BCUT2D eigenvalue weighted by Gasteiger charge is -2.26. The van der Waals surface area contributed by atoms with Gasteiger partial charge in [0.15, 0.2) is 0 Å². The monoisotopic (exact) mass is 313 g/mol. The smallest absolute Gasteiger partial charge is 0.337 e. The van der Waals surface area contributed by atoms with Crippen molar-refractivity contribution in [2.45, 2.75) is 42.7 Å². The lowest BCUT2D eigenvalue weighted by atomic mass is 9.94. The number of aliphatic hydroxyl groups excluding tert-OH is 1. The number of rotatable bonds is 4. The number of carbonyl (C=O) groups excluding carboxylic acids is 1. The standard InChI is InChI=1S/C14H19NO5S/c1-20-14(17)10-3-2-4-13(9-10)21(18,19)15-11-5-7-12(16)8-6-11/h2-4,9,11-12,15-16H,5-8H2,1H3. The number of hydrogen-bond acceptors (Lipinski definition) is 5. The van der Waals surface area contributed by atoms with E-state index in [2.05, 4.69) is 9.46 Å². The maximum Gasteiger partial charge on any atom is 0.337 e. The van der Waals surface area contributed by atoms with E-state index < -0.39 is 16.0 Å². The van der Waals surface area contributed by atoms with Crippen molar-refractivity contribution < 1.29 is 23.1 Å². The molecular formula is C14H19NO5S. The molecule has 0 amide bonds. The maximum atomic E-state index is 12.3. The minimum Gasteiger partial charge on any atom is -0.465 e. The van der Waals surface area contributed by atoms with E-state index in [0.717, 1.165) is 0 Å². The van der Waals surface area contributed by atoms with Crippen LogP contribution in [0.15, 0.2) is 29.2 Å². The minimum atomic E-state index is -3.68. The van der Waals surface area contributed by atoms with Crippen LogP contribution < -0.4 is 4.72 Å². The second-order valence-electron chi connectivity index (χ2n) is 5.15. The van der Waals surface area contributed by atoms with Gasteiger partial charge in [0.2, 0.25) is 10.0 Å². The van der Waals surface area contributed by atoms with Crippen LogP contribution in [0.5, 0.6) is 0 Å². The molecule has 1 aromatic carbocycles. The summed E-state index contributed by atoms with van der Waals surface area (Å²) in [5.74, 6) is -0.576. The third kappa shape index (κ3) is 4.03. The summed E-state index contributed by atoms with van der Waals surface area (Å²) in [6, 6.07) is 5.56. The second kappa shape index (κ2) is 6.55. The van der Waals surface area contributed by atoms with Crippen molar-refractivity contribution in [1.82, 2.24) is 4.72 Å². The van der Waals surface area contributed by atoms with Crippen LogP contribution in [0.25, 0.3) is 0 Å². The SMILES string of the molecule is COC(=O)c1cccc(S(=O)(=O)NC2CCC(O)CC2)c1. The number of nitrogens with one attached hydrogen (secondary N) is 1. The number of sulfonamides is 1. The van der Waals surface area contributed by atoms with E-state index in [9.17, 15) is 18.3 Å². The molecule has 1 aliphatic rings. The average Bonchev–Trinajstić information content (AvgIpc) is 2.49. The molecule has 1 saturated carbocycles. The Bertz CT molecular complexity index is 606. The second-order valence-corrected chi connectivity index (χ2v) is 6.86. The molecule has 6 nitrogen and oxygen atoms in total. The predicted molar refractivity (Wildman–Crippen MR) is 76.4 cm³/mol. The molecular weight excluding hydrogens is 294 g/mol. The molecule has 0 aliphatic heterocycles. The molecule has 0 heterocycles. The van der Waals surface area contributed by atoms with Gasteiger partial charge in [0, 0.05) is 6.04 Å². The highest BCUT2D eigenvalue weighted by molar-refractivity contribution is 7.89. The van der Waals surface area contributed by atoms with Gasteiger partial charge >= 0.3 is 5.97 Å². The highest BCUT2D eigenvalue weighted by atomic mass is 32.2. The van der Waals surface area contributed by atoms with E-state index >= 15 is 0 Å². The lowest BCUT2D eigenvalue weighted by molar-refractivity contribution is 0.0600. The van der Waals surface area contributed by atoms with Gasteiger partial charge in [0.25, 0.3) is 0 Å². The molecule has 2 N–H and O–H groups in total. The van der Waals surface area contributed by atoms with Crippen LogP contribution >= 0.6 is 0 Å². The van der Waals surface area contributed by atoms with Gasteiger partial charge in [-0.3, -0.25) is 0 Å². The van der Waals surface area contributed by atoms with E-state index in [-0.39, 0.29) is 22.6 Å².